The van der Waals surface area contributed by atoms with E-state index in [1.165, 1.54) is 5.56 Å². The van der Waals surface area contributed by atoms with Crippen molar-refractivity contribution in [3.8, 4) is 11.5 Å². The van der Waals surface area contributed by atoms with Gasteiger partial charge in [-0.2, -0.15) is 16.3 Å². The molecule has 1 amide bonds. The average Bonchev–Trinajstić information content (AvgIpc) is 3.34. The first kappa shape index (κ1) is 15.1. The molecule has 0 saturated carbocycles. The van der Waals surface area contributed by atoms with Crippen molar-refractivity contribution in [1.29, 1.82) is 0 Å². The van der Waals surface area contributed by atoms with Crippen LogP contribution in [0.2, 0.25) is 0 Å². The monoisotopic (exact) mass is 339 g/mol. The Morgan fingerprint density at radius 3 is 2.83 bits per heavy atom. The minimum Gasteiger partial charge on any atom is -0.334 e. The molecule has 0 bridgehead atoms. The Bertz CT molecular complexity index is 840. The Morgan fingerprint density at radius 2 is 2.12 bits per heavy atom. The van der Waals surface area contributed by atoms with Gasteiger partial charge in [0.15, 0.2) is 5.82 Å². The van der Waals surface area contributed by atoms with Crippen LogP contribution < -0.4 is 4.90 Å². The molecule has 2 aromatic heterocycles. The van der Waals surface area contributed by atoms with Gasteiger partial charge in [-0.1, -0.05) is 24.2 Å². The van der Waals surface area contributed by atoms with E-state index in [9.17, 15) is 4.79 Å². The Balaban J connectivity index is 1.53. The molecule has 1 atom stereocenters. The summed E-state index contributed by atoms with van der Waals surface area (Å²) in [5, 5.41) is 8.03. The van der Waals surface area contributed by atoms with E-state index in [4.69, 9.17) is 4.52 Å². The summed E-state index contributed by atoms with van der Waals surface area (Å²) >= 11 is 1.59. The minimum atomic E-state index is -0.0283. The lowest BCUT2D eigenvalue weighted by molar-refractivity contribution is -0.117. The van der Waals surface area contributed by atoms with Gasteiger partial charge in [0.25, 0.3) is 5.89 Å². The summed E-state index contributed by atoms with van der Waals surface area (Å²) in [7, 11) is 0. The van der Waals surface area contributed by atoms with Gasteiger partial charge in [-0.3, -0.25) is 4.79 Å². The first-order valence-electron chi connectivity index (χ1n) is 8.00. The molecule has 3 aromatic rings. The number of rotatable bonds is 4. The maximum Gasteiger partial charge on any atom is 0.258 e. The number of hydrogen-bond donors (Lipinski definition) is 0. The van der Waals surface area contributed by atoms with E-state index < -0.39 is 0 Å². The second kappa shape index (κ2) is 6.20. The van der Waals surface area contributed by atoms with Crippen LogP contribution in [0.5, 0.6) is 0 Å². The molecule has 4 rings (SSSR count). The highest BCUT2D eigenvalue weighted by atomic mass is 32.1. The van der Waals surface area contributed by atoms with Crippen molar-refractivity contribution >= 4 is 22.9 Å². The van der Waals surface area contributed by atoms with Gasteiger partial charge in [-0.25, -0.2) is 0 Å². The van der Waals surface area contributed by atoms with Gasteiger partial charge >= 0.3 is 0 Å². The molecular formula is C18H17N3O2S. The Hall–Kier alpha value is -2.47. The average molecular weight is 339 g/mol. The molecule has 3 heterocycles. The Kier molecular flexibility index (Phi) is 3.90. The van der Waals surface area contributed by atoms with E-state index in [0.717, 1.165) is 17.7 Å². The number of anilines is 1. The molecule has 0 N–H and O–H groups in total. The Morgan fingerprint density at radius 1 is 1.29 bits per heavy atom. The molecule has 1 aromatic carbocycles. The molecule has 24 heavy (non-hydrogen) atoms. The number of carbonyl (C=O) groups is 1. The lowest BCUT2D eigenvalue weighted by Gasteiger charge is -2.16. The topological polar surface area (TPSA) is 59.2 Å². The highest BCUT2D eigenvalue weighted by Gasteiger charge is 2.34. The summed E-state index contributed by atoms with van der Waals surface area (Å²) in [5.74, 6) is 1.20. The number of benzene rings is 1. The predicted octanol–water partition coefficient (Wildman–Crippen LogP) is 3.88. The number of thiophene rings is 1. The number of hydrogen-bond acceptors (Lipinski definition) is 5. The number of aromatic nitrogens is 2. The third kappa shape index (κ3) is 2.73. The molecule has 0 radical (unpaired) electrons. The second-order valence-electron chi connectivity index (χ2n) is 5.90. The van der Waals surface area contributed by atoms with Crippen LogP contribution in [-0.2, 0) is 11.2 Å². The van der Waals surface area contributed by atoms with Gasteiger partial charge in [0.1, 0.15) is 0 Å². The zero-order valence-corrected chi connectivity index (χ0v) is 14.1. The van der Waals surface area contributed by atoms with E-state index in [0.29, 0.717) is 24.7 Å². The largest absolute Gasteiger partial charge is 0.334 e. The van der Waals surface area contributed by atoms with Gasteiger partial charge in [0.05, 0.1) is 5.56 Å². The third-order valence-electron chi connectivity index (χ3n) is 4.36. The molecule has 1 aliphatic rings. The standard InChI is InChI=1S/C18H17N3O2S/c1-2-12-3-5-15(6-4-12)21-10-14(9-16(21)22)17-19-18(23-20-17)13-7-8-24-11-13/h3-8,11,14H,2,9-10H2,1H3/t14-/m0/s1. The van der Waals surface area contributed by atoms with Crippen LogP contribution in [0.4, 0.5) is 5.69 Å². The van der Waals surface area contributed by atoms with Crippen LogP contribution in [0.15, 0.2) is 45.6 Å². The van der Waals surface area contributed by atoms with E-state index in [1.54, 1.807) is 11.3 Å². The van der Waals surface area contributed by atoms with Gasteiger partial charge in [-0.05, 0) is 35.6 Å². The lowest BCUT2D eigenvalue weighted by Crippen LogP contribution is -2.24. The zero-order chi connectivity index (χ0) is 16.5. The van der Waals surface area contributed by atoms with E-state index in [2.05, 4.69) is 29.2 Å². The number of amides is 1. The van der Waals surface area contributed by atoms with Crippen molar-refractivity contribution in [2.75, 3.05) is 11.4 Å². The zero-order valence-electron chi connectivity index (χ0n) is 13.3. The highest BCUT2D eigenvalue weighted by molar-refractivity contribution is 7.08. The normalized spacial score (nSPS) is 17.6. The minimum absolute atomic E-state index is 0.0283. The fourth-order valence-corrected chi connectivity index (χ4v) is 3.58. The SMILES string of the molecule is CCc1ccc(N2C[C@@H](c3noc(-c4ccsc4)n3)CC2=O)cc1. The van der Waals surface area contributed by atoms with Crippen LogP contribution in [0.25, 0.3) is 11.5 Å². The molecule has 1 saturated heterocycles. The van der Waals surface area contributed by atoms with Crippen LogP contribution in [0.3, 0.4) is 0 Å². The molecule has 122 valence electrons. The van der Waals surface area contributed by atoms with Crippen LogP contribution in [0.1, 0.15) is 30.7 Å². The van der Waals surface area contributed by atoms with Crippen molar-refractivity contribution in [3.05, 3.63) is 52.5 Å². The van der Waals surface area contributed by atoms with Crippen LogP contribution >= 0.6 is 11.3 Å². The molecule has 1 fully saturated rings. The van der Waals surface area contributed by atoms with E-state index in [-0.39, 0.29) is 11.8 Å². The molecular weight excluding hydrogens is 322 g/mol. The summed E-state index contributed by atoms with van der Waals surface area (Å²) in [6, 6.07) is 10.1. The maximum absolute atomic E-state index is 12.4. The molecule has 6 heteroatoms. The number of carbonyl (C=O) groups excluding carboxylic acids is 1. The smallest absolute Gasteiger partial charge is 0.258 e. The first-order valence-corrected chi connectivity index (χ1v) is 8.94. The van der Waals surface area contributed by atoms with Gasteiger partial charge in [-0.15, -0.1) is 0 Å². The summed E-state index contributed by atoms with van der Waals surface area (Å²) in [5.41, 5.74) is 3.12. The molecule has 5 nitrogen and oxygen atoms in total. The maximum atomic E-state index is 12.4. The summed E-state index contributed by atoms with van der Waals surface area (Å²) in [6.07, 6.45) is 1.41. The summed E-state index contributed by atoms with van der Waals surface area (Å²) < 4.78 is 5.34. The molecule has 0 unspecified atom stereocenters. The van der Waals surface area contributed by atoms with E-state index in [1.807, 2.05) is 33.9 Å². The lowest BCUT2D eigenvalue weighted by atomic mass is 10.1. The number of nitrogens with zero attached hydrogens (tertiary/aromatic N) is 3. The Labute approximate surface area is 143 Å². The second-order valence-corrected chi connectivity index (χ2v) is 6.68. The summed E-state index contributed by atoms with van der Waals surface area (Å²) in [6.45, 7) is 2.71. The fraction of sp³-hybridized carbons (Fsp3) is 0.278. The molecule has 1 aliphatic heterocycles. The van der Waals surface area contributed by atoms with Crippen molar-refractivity contribution in [1.82, 2.24) is 10.1 Å². The quantitative estimate of drug-likeness (QED) is 0.724. The van der Waals surface area contributed by atoms with Gasteiger partial charge in [0, 0.05) is 30.0 Å². The number of aryl methyl sites for hydroxylation is 1. The van der Waals surface area contributed by atoms with Gasteiger partial charge in [0.2, 0.25) is 5.91 Å². The third-order valence-corrected chi connectivity index (χ3v) is 5.04. The van der Waals surface area contributed by atoms with Crippen molar-refractivity contribution in [2.45, 2.75) is 25.7 Å². The van der Waals surface area contributed by atoms with Gasteiger partial charge < -0.3 is 9.42 Å². The summed E-state index contributed by atoms with van der Waals surface area (Å²) in [4.78, 5) is 18.7. The predicted molar refractivity (Wildman–Crippen MR) is 93.1 cm³/mol. The highest BCUT2D eigenvalue weighted by Crippen LogP contribution is 2.32. The van der Waals surface area contributed by atoms with Crippen LogP contribution in [-0.4, -0.2) is 22.6 Å². The van der Waals surface area contributed by atoms with Crippen LogP contribution in [0, 0.1) is 0 Å². The van der Waals surface area contributed by atoms with Crippen molar-refractivity contribution < 1.29 is 9.32 Å². The first-order chi connectivity index (χ1) is 11.7. The molecule has 0 aliphatic carbocycles. The fourth-order valence-electron chi connectivity index (χ4n) is 2.95. The van der Waals surface area contributed by atoms with Crippen molar-refractivity contribution in [2.24, 2.45) is 0 Å². The van der Waals surface area contributed by atoms with Crippen molar-refractivity contribution in [3.63, 3.8) is 0 Å². The van der Waals surface area contributed by atoms with E-state index >= 15 is 0 Å². The molecule has 0 spiro atoms.